The predicted octanol–water partition coefficient (Wildman–Crippen LogP) is 6.91. The Morgan fingerprint density at radius 1 is 1.05 bits per heavy atom. The number of nitrogens with zero attached hydrogens (tertiary/aromatic N) is 1. The van der Waals surface area contributed by atoms with Crippen molar-refractivity contribution in [2.45, 2.75) is 62.6 Å². The van der Waals surface area contributed by atoms with Crippen LogP contribution in [0.15, 0.2) is 58.3 Å². The topological polar surface area (TPSA) is 49.4 Å². The molecule has 5 aliphatic rings. The second kappa shape index (κ2) is 9.47. The van der Waals surface area contributed by atoms with Gasteiger partial charge in [0, 0.05) is 10.9 Å². The van der Waals surface area contributed by atoms with E-state index in [-0.39, 0.29) is 29.8 Å². The lowest BCUT2D eigenvalue weighted by atomic mass is 9.48. The monoisotopic (exact) mass is 540 g/mol. The molecule has 1 heterocycles. The standard InChI is InChI=1S/C30H31F3N2O2S/c1-18(29-14-20-10-21(15-29)12-22(11-20)16-29)34-27(36)17-35-24-4-2-3-5-25(24)38-26(28(35)37)13-19-6-8-23(9-7-19)30(31,32)33/h2-9,13,18,20-22H,10-12,14-17H2,1H3,(H,34,36)/b26-13-/t18-,20?,21?,22?,29?/m1/s1. The first-order valence-electron chi connectivity index (χ1n) is 13.4. The minimum Gasteiger partial charge on any atom is -0.352 e. The van der Waals surface area contributed by atoms with Gasteiger partial charge < -0.3 is 5.32 Å². The van der Waals surface area contributed by atoms with Gasteiger partial charge in [-0.3, -0.25) is 14.5 Å². The maximum absolute atomic E-state index is 13.5. The van der Waals surface area contributed by atoms with Gasteiger partial charge >= 0.3 is 6.18 Å². The summed E-state index contributed by atoms with van der Waals surface area (Å²) in [4.78, 5) is 29.5. The highest BCUT2D eigenvalue weighted by molar-refractivity contribution is 8.04. The number of alkyl halides is 3. The Kier molecular flexibility index (Phi) is 6.36. The minimum absolute atomic E-state index is 0.0510. The molecule has 0 saturated heterocycles. The quantitative estimate of drug-likeness (QED) is 0.420. The van der Waals surface area contributed by atoms with Gasteiger partial charge in [0.25, 0.3) is 5.91 Å². The number of fused-ring (bicyclic) bond motifs is 1. The van der Waals surface area contributed by atoms with E-state index in [2.05, 4.69) is 12.2 Å². The fourth-order valence-corrected chi connectivity index (χ4v) is 8.69. The Bertz CT molecular complexity index is 1250. The molecule has 38 heavy (non-hydrogen) atoms. The van der Waals surface area contributed by atoms with Crippen LogP contribution in [0.2, 0.25) is 0 Å². The smallest absolute Gasteiger partial charge is 0.352 e. The number of halogens is 3. The highest BCUT2D eigenvalue weighted by Crippen LogP contribution is 2.61. The Balaban J connectivity index is 1.20. The van der Waals surface area contributed by atoms with Crippen molar-refractivity contribution >= 4 is 35.3 Å². The summed E-state index contributed by atoms with van der Waals surface area (Å²) in [5, 5.41) is 3.25. The average molecular weight is 541 g/mol. The van der Waals surface area contributed by atoms with E-state index < -0.39 is 11.7 Å². The Labute approximate surface area is 225 Å². The first-order valence-corrected chi connectivity index (χ1v) is 14.2. The number of carbonyl (C=O) groups is 2. The second-order valence-electron chi connectivity index (χ2n) is 11.7. The predicted molar refractivity (Wildman–Crippen MR) is 142 cm³/mol. The molecule has 4 nitrogen and oxygen atoms in total. The van der Waals surface area contributed by atoms with E-state index in [1.165, 1.54) is 67.3 Å². The van der Waals surface area contributed by atoms with Crippen LogP contribution in [-0.4, -0.2) is 24.4 Å². The number of amides is 2. The van der Waals surface area contributed by atoms with Crippen LogP contribution in [-0.2, 0) is 15.8 Å². The molecule has 2 aromatic rings. The van der Waals surface area contributed by atoms with Crippen LogP contribution in [0.5, 0.6) is 0 Å². The Hall–Kier alpha value is -2.74. The molecular formula is C30H31F3N2O2S. The van der Waals surface area contributed by atoms with Gasteiger partial charge in [-0.1, -0.05) is 36.0 Å². The first kappa shape index (κ1) is 25.5. The largest absolute Gasteiger partial charge is 0.416 e. The van der Waals surface area contributed by atoms with Gasteiger partial charge in [-0.05, 0) is 105 Å². The van der Waals surface area contributed by atoms with E-state index >= 15 is 0 Å². The molecule has 200 valence electrons. The fourth-order valence-electron chi connectivity index (χ4n) is 7.63. The summed E-state index contributed by atoms with van der Waals surface area (Å²) in [6.07, 6.45) is 4.73. The van der Waals surface area contributed by atoms with Gasteiger partial charge in [0.1, 0.15) is 6.54 Å². The van der Waals surface area contributed by atoms with E-state index in [0.717, 1.165) is 34.8 Å². The van der Waals surface area contributed by atoms with Gasteiger partial charge in [-0.2, -0.15) is 13.2 Å². The summed E-state index contributed by atoms with van der Waals surface area (Å²) in [6, 6.07) is 12.2. The van der Waals surface area contributed by atoms with Gasteiger partial charge in [-0.15, -0.1) is 0 Å². The molecular weight excluding hydrogens is 509 g/mol. The highest BCUT2D eigenvalue weighted by atomic mass is 32.2. The number of rotatable bonds is 5. The van der Waals surface area contributed by atoms with Gasteiger partial charge in [-0.25, -0.2) is 0 Å². The van der Waals surface area contributed by atoms with Crippen molar-refractivity contribution in [1.29, 1.82) is 0 Å². The molecule has 4 aliphatic carbocycles. The summed E-state index contributed by atoms with van der Waals surface area (Å²) in [7, 11) is 0. The van der Waals surface area contributed by atoms with E-state index in [0.29, 0.717) is 16.2 Å². The van der Waals surface area contributed by atoms with Crippen molar-refractivity contribution in [3.8, 4) is 0 Å². The molecule has 1 aliphatic heterocycles. The highest BCUT2D eigenvalue weighted by Gasteiger charge is 2.53. The second-order valence-corrected chi connectivity index (χ2v) is 12.7. The molecule has 4 saturated carbocycles. The zero-order chi connectivity index (χ0) is 26.7. The van der Waals surface area contributed by atoms with Crippen LogP contribution in [0.1, 0.15) is 56.6 Å². The fraction of sp³-hybridized carbons (Fsp3) is 0.467. The van der Waals surface area contributed by atoms with E-state index in [1.54, 1.807) is 6.08 Å². The molecule has 4 fully saturated rings. The molecule has 7 rings (SSSR count). The van der Waals surface area contributed by atoms with Crippen LogP contribution in [0, 0.1) is 23.2 Å². The molecule has 2 amide bonds. The zero-order valence-electron chi connectivity index (χ0n) is 21.3. The molecule has 0 spiro atoms. The average Bonchev–Trinajstić information content (AvgIpc) is 2.85. The third kappa shape index (κ3) is 4.76. The lowest BCUT2D eigenvalue weighted by Gasteiger charge is -2.59. The number of hydrogen-bond donors (Lipinski definition) is 1. The third-order valence-electron chi connectivity index (χ3n) is 9.05. The normalized spacial score (nSPS) is 29.9. The number of hydrogen-bond acceptors (Lipinski definition) is 3. The Morgan fingerprint density at radius 2 is 1.66 bits per heavy atom. The van der Waals surface area contributed by atoms with Crippen LogP contribution >= 0.6 is 11.8 Å². The van der Waals surface area contributed by atoms with Crippen molar-refractivity contribution in [2.75, 3.05) is 11.4 Å². The van der Waals surface area contributed by atoms with E-state index in [4.69, 9.17) is 0 Å². The lowest BCUT2D eigenvalue weighted by molar-refractivity contribution is -0.137. The maximum atomic E-state index is 13.5. The summed E-state index contributed by atoms with van der Waals surface area (Å²) in [6.45, 7) is 2.03. The molecule has 4 bridgehead atoms. The molecule has 1 N–H and O–H groups in total. The van der Waals surface area contributed by atoms with Crippen LogP contribution < -0.4 is 10.2 Å². The third-order valence-corrected chi connectivity index (χ3v) is 10.1. The van der Waals surface area contributed by atoms with Crippen LogP contribution in [0.3, 0.4) is 0 Å². The number of nitrogens with one attached hydrogen (secondary N) is 1. The molecule has 1 atom stereocenters. The Morgan fingerprint density at radius 3 is 2.26 bits per heavy atom. The first-order chi connectivity index (χ1) is 18.1. The molecule has 2 aromatic carbocycles. The summed E-state index contributed by atoms with van der Waals surface area (Å²) in [5.74, 6) is 1.84. The molecule has 0 unspecified atom stereocenters. The number of para-hydroxylation sites is 1. The molecule has 8 heteroatoms. The summed E-state index contributed by atoms with van der Waals surface area (Å²) >= 11 is 1.27. The summed E-state index contributed by atoms with van der Waals surface area (Å²) in [5.41, 5.74) is 0.592. The SMILES string of the molecule is C[C@@H](NC(=O)CN1C(=O)/C(=C/c2ccc(C(F)(F)F)cc2)Sc2ccccc21)C12CC3CC(CC(C3)C1)C2. The van der Waals surface area contributed by atoms with Crippen molar-refractivity contribution in [2.24, 2.45) is 23.2 Å². The van der Waals surface area contributed by atoms with Crippen molar-refractivity contribution in [3.63, 3.8) is 0 Å². The molecule has 0 radical (unpaired) electrons. The van der Waals surface area contributed by atoms with Gasteiger partial charge in [0.05, 0.1) is 16.2 Å². The van der Waals surface area contributed by atoms with Gasteiger partial charge in [0.15, 0.2) is 0 Å². The van der Waals surface area contributed by atoms with Crippen molar-refractivity contribution in [3.05, 3.63) is 64.6 Å². The maximum Gasteiger partial charge on any atom is 0.416 e. The van der Waals surface area contributed by atoms with E-state index in [1.807, 2.05) is 24.3 Å². The zero-order valence-corrected chi connectivity index (χ0v) is 22.1. The molecule has 0 aromatic heterocycles. The number of benzene rings is 2. The van der Waals surface area contributed by atoms with Crippen LogP contribution in [0.25, 0.3) is 6.08 Å². The van der Waals surface area contributed by atoms with E-state index in [9.17, 15) is 22.8 Å². The lowest BCUT2D eigenvalue weighted by Crippen LogP contribution is -2.57. The minimum atomic E-state index is -4.42. The van der Waals surface area contributed by atoms with Crippen molar-refractivity contribution in [1.82, 2.24) is 5.32 Å². The van der Waals surface area contributed by atoms with Crippen LogP contribution in [0.4, 0.5) is 18.9 Å². The van der Waals surface area contributed by atoms with Gasteiger partial charge in [0.2, 0.25) is 5.91 Å². The number of anilines is 1. The number of thioether (sulfide) groups is 1. The summed E-state index contributed by atoms with van der Waals surface area (Å²) < 4.78 is 38.9. The number of carbonyl (C=O) groups excluding carboxylic acids is 2. The van der Waals surface area contributed by atoms with Crippen molar-refractivity contribution < 1.29 is 22.8 Å².